The second kappa shape index (κ2) is 10.8. The molecule has 0 bridgehead atoms. The third kappa shape index (κ3) is 6.87. The van der Waals surface area contributed by atoms with Gasteiger partial charge in [0.05, 0.1) is 19.3 Å². The van der Waals surface area contributed by atoms with E-state index in [1.54, 1.807) is 6.20 Å². The van der Waals surface area contributed by atoms with E-state index in [0.717, 1.165) is 42.7 Å². The van der Waals surface area contributed by atoms with Gasteiger partial charge in [-0.2, -0.15) is 0 Å². The highest BCUT2D eigenvalue weighted by molar-refractivity contribution is 14.0. The maximum absolute atomic E-state index is 5.83. The highest BCUT2D eigenvalue weighted by Crippen LogP contribution is 2.22. The zero-order chi connectivity index (χ0) is 20.0. The number of anilines is 1. The standard InChI is InChI=1S/C21H32N6O.HI/c1-5-22-20(26-15-19-24-14-17(28-19)21(2,3)4)25-13-16-8-9-18(23-12-16)27-10-6-7-11-27;/h8-9,12,14H,5-7,10-11,13,15H2,1-4H3,(H2,22,25,26);1H. The zero-order valence-corrected chi connectivity index (χ0v) is 20.2. The summed E-state index contributed by atoms with van der Waals surface area (Å²) in [4.78, 5) is 15.9. The number of nitrogens with zero attached hydrogens (tertiary/aromatic N) is 4. The molecule has 3 heterocycles. The van der Waals surface area contributed by atoms with Crippen LogP contribution in [0.25, 0.3) is 0 Å². The summed E-state index contributed by atoms with van der Waals surface area (Å²) >= 11 is 0. The monoisotopic (exact) mass is 512 g/mol. The van der Waals surface area contributed by atoms with E-state index in [2.05, 4.69) is 63.4 Å². The second-order valence-electron chi connectivity index (χ2n) is 8.14. The molecule has 1 fully saturated rings. The van der Waals surface area contributed by atoms with Crippen molar-refractivity contribution < 1.29 is 4.42 Å². The molecule has 160 valence electrons. The number of aromatic nitrogens is 2. The molecule has 0 radical (unpaired) electrons. The normalized spacial score (nSPS) is 14.6. The fraction of sp³-hybridized carbons (Fsp3) is 0.571. The Morgan fingerprint density at radius 1 is 1.14 bits per heavy atom. The van der Waals surface area contributed by atoms with Crippen molar-refractivity contribution in [2.45, 2.75) is 59.0 Å². The van der Waals surface area contributed by atoms with Gasteiger partial charge in [-0.1, -0.05) is 26.8 Å². The molecule has 7 nitrogen and oxygen atoms in total. The van der Waals surface area contributed by atoms with Crippen molar-refractivity contribution in [2.24, 2.45) is 4.99 Å². The molecule has 1 saturated heterocycles. The minimum absolute atomic E-state index is 0. The van der Waals surface area contributed by atoms with Gasteiger partial charge in [-0.15, -0.1) is 24.0 Å². The maximum atomic E-state index is 5.83. The predicted molar refractivity (Wildman–Crippen MR) is 128 cm³/mol. The third-order valence-electron chi connectivity index (χ3n) is 4.70. The van der Waals surface area contributed by atoms with E-state index in [4.69, 9.17) is 4.42 Å². The van der Waals surface area contributed by atoms with Crippen LogP contribution in [0.3, 0.4) is 0 Å². The summed E-state index contributed by atoms with van der Waals surface area (Å²) in [6.07, 6.45) is 6.24. The number of hydrogen-bond donors (Lipinski definition) is 2. The van der Waals surface area contributed by atoms with Crippen molar-refractivity contribution >= 4 is 35.8 Å². The van der Waals surface area contributed by atoms with Crippen LogP contribution in [0.2, 0.25) is 0 Å². The predicted octanol–water partition coefficient (Wildman–Crippen LogP) is 3.84. The van der Waals surface area contributed by atoms with E-state index in [1.807, 2.05) is 13.1 Å². The van der Waals surface area contributed by atoms with Crippen LogP contribution < -0.4 is 15.5 Å². The Balaban J connectivity index is 0.00000300. The average molecular weight is 512 g/mol. The molecule has 29 heavy (non-hydrogen) atoms. The molecular formula is C21H33IN6O. The van der Waals surface area contributed by atoms with Crippen LogP contribution in [-0.2, 0) is 18.5 Å². The van der Waals surface area contributed by atoms with E-state index in [9.17, 15) is 0 Å². The summed E-state index contributed by atoms with van der Waals surface area (Å²) in [5, 5.41) is 6.54. The first kappa shape index (κ1) is 23.4. The first-order valence-electron chi connectivity index (χ1n) is 10.1. The fourth-order valence-electron chi connectivity index (χ4n) is 3.05. The Labute approximate surface area is 190 Å². The summed E-state index contributed by atoms with van der Waals surface area (Å²) in [7, 11) is 0. The highest BCUT2D eigenvalue weighted by atomic mass is 127. The van der Waals surface area contributed by atoms with Crippen LogP contribution in [0.4, 0.5) is 5.82 Å². The summed E-state index contributed by atoms with van der Waals surface area (Å²) in [5.74, 6) is 3.35. The lowest BCUT2D eigenvalue weighted by Crippen LogP contribution is -2.36. The smallest absolute Gasteiger partial charge is 0.213 e. The summed E-state index contributed by atoms with van der Waals surface area (Å²) in [5.41, 5.74) is 1.05. The van der Waals surface area contributed by atoms with E-state index < -0.39 is 0 Å². The minimum Gasteiger partial charge on any atom is -0.443 e. The number of rotatable bonds is 6. The summed E-state index contributed by atoms with van der Waals surface area (Å²) in [6.45, 7) is 12.4. The Morgan fingerprint density at radius 2 is 1.90 bits per heavy atom. The van der Waals surface area contributed by atoms with Gasteiger partial charge in [0.2, 0.25) is 5.89 Å². The van der Waals surface area contributed by atoms with Crippen LogP contribution in [0.5, 0.6) is 0 Å². The number of oxazole rings is 1. The average Bonchev–Trinajstić information content (AvgIpc) is 3.36. The van der Waals surface area contributed by atoms with E-state index in [1.165, 1.54) is 12.8 Å². The molecule has 2 N–H and O–H groups in total. The van der Waals surface area contributed by atoms with Crippen molar-refractivity contribution in [1.29, 1.82) is 0 Å². The molecule has 0 atom stereocenters. The van der Waals surface area contributed by atoms with Gasteiger partial charge < -0.3 is 20.0 Å². The topological polar surface area (TPSA) is 78.6 Å². The fourth-order valence-corrected chi connectivity index (χ4v) is 3.05. The van der Waals surface area contributed by atoms with Crippen molar-refractivity contribution in [2.75, 3.05) is 24.5 Å². The molecule has 0 aromatic carbocycles. The Kier molecular flexibility index (Phi) is 8.73. The van der Waals surface area contributed by atoms with Crippen LogP contribution >= 0.6 is 24.0 Å². The minimum atomic E-state index is -0.0436. The number of halogens is 1. The second-order valence-corrected chi connectivity index (χ2v) is 8.14. The number of hydrogen-bond acceptors (Lipinski definition) is 5. The van der Waals surface area contributed by atoms with Gasteiger partial charge >= 0.3 is 0 Å². The number of nitrogens with one attached hydrogen (secondary N) is 2. The molecule has 0 saturated carbocycles. The molecule has 0 amide bonds. The van der Waals surface area contributed by atoms with Gasteiger partial charge in [0.25, 0.3) is 0 Å². The molecular weight excluding hydrogens is 479 g/mol. The number of guanidine groups is 1. The SMILES string of the molecule is CCNC(=NCc1ccc(N2CCCC2)nc1)NCc1ncc(C(C)(C)C)o1.I. The van der Waals surface area contributed by atoms with Crippen molar-refractivity contribution in [3.05, 3.63) is 41.7 Å². The summed E-state index contributed by atoms with van der Waals surface area (Å²) in [6, 6.07) is 4.20. The van der Waals surface area contributed by atoms with Crippen molar-refractivity contribution in [3.63, 3.8) is 0 Å². The molecule has 2 aromatic rings. The zero-order valence-electron chi connectivity index (χ0n) is 17.9. The molecule has 1 aliphatic rings. The largest absolute Gasteiger partial charge is 0.443 e. The van der Waals surface area contributed by atoms with Crippen LogP contribution in [-0.4, -0.2) is 35.6 Å². The Bertz CT molecular complexity index is 775. The van der Waals surface area contributed by atoms with E-state index >= 15 is 0 Å². The lowest BCUT2D eigenvalue weighted by atomic mass is 9.94. The lowest BCUT2D eigenvalue weighted by molar-refractivity contribution is 0.379. The Morgan fingerprint density at radius 3 is 2.48 bits per heavy atom. The number of pyridine rings is 1. The summed E-state index contributed by atoms with van der Waals surface area (Å²) < 4.78 is 5.83. The quantitative estimate of drug-likeness (QED) is 0.348. The third-order valence-corrected chi connectivity index (χ3v) is 4.70. The first-order valence-corrected chi connectivity index (χ1v) is 10.1. The van der Waals surface area contributed by atoms with Gasteiger partial charge in [-0.05, 0) is 31.4 Å². The van der Waals surface area contributed by atoms with Gasteiger partial charge in [-0.25, -0.2) is 15.0 Å². The number of aliphatic imine (C=N–C) groups is 1. The van der Waals surface area contributed by atoms with Gasteiger partial charge in [0, 0.05) is 31.2 Å². The van der Waals surface area contributed by atoms with Gasteiger partial charge in [0.1, 0.15) is 11.6 Å². The van der Waals surface area contributed by atoms with Gasteiger partial charge in [0.15, 0.2) is 5.96 Å². The molecule has 1 aliphatic heterocycles. The molecule has 3 rings (SSSR count). The molecule has 2 aromatic heterocycles. The van der Waals surface area contributed by atoms with E-state index in [0.29, 0.717) is 19.0 Å². The van der Waals surface area contributed by atoms with Gasteiger partial charge in [-0.3, -0.25) is 0 Å². The van der Waals surface area contributed by atoms with Crippen molar-refractivity contribution in [3.8, 4) is 0 Å². The first-order chi connectivity index (χ1) is 13.5. The highest BCUT2D eigenvalue weighted by Gasteiger charge is 2.19. The van der Waals surface area contributed by atoms with Crippen LogP contribution in [0.1, 0.15) is 57.8 Å². The lowest BCUT2D eigenvalue weighted by Gasteiger charge is -2.16. The van der Waals surface area contributed by atoms with E-state index in [-0.39, 0.29) is 29.4 Å². The molecule has 0 aliphatic carbocycles. The van der Waals surface area contributed by atoms with Crippen LogP contribution in [0, 0.1) is 0 Å². The molecule has 8 heteroatoms. The van der Waals surface area contributed by atoms with Crippen LogP contribution in [0.15, 0.2) is 33.9 Å². The Hall–Kier alpha value is -1.84. The van der Waals surface area contributed by atoms with Crippen molar-refractivity contribution in [1.82, 2.24) is 20.6 Å². The molecule has 0 spiro atoms. The molecule has 0 unspecified atom stereocenters. The maximum Gasteiger partial charge on any atom is 0.213 e.